The first-order valence-electron chi connectivity index (χ1n) is 9.73. The van der Waals surface area contributed by atoms with E-state index in [1.165, 1.54) is 12.1 Å². The number of alkyl halides is 3. The predicted molar refractivity (Wildman–Crippen MR) is 116 cm³/mol. The van der Waals surface area contributed by atoms with Gasteiger partial charge in [-0.1, -0.05) is 42.2 Å². The van der Waals surface area contributed by atoms with Gasteiger partial charge in [-0.25, -0.2) is 0 Å². The Balaban J connectivity index is 1.79. The Labute approximate surface area is 178 Å². The molecular weight excluding hydrogens is 399 g/mol. The third-order valence-electron chi connectivity index (χ3n) is 5.26. The summed E-state index contributed by atoms with van der Waals surface area (Å²) in [6.45, 7) is 0. The molecule has 156 valence electrons. The van der Waals surface area contributed by atoms with Crippen LogP contribution < -0.4 is 4.74 Å². The van der Waals surface area contributed by atoms with E-state index < -0.39 is 11.7 Å². The second-order valence-corrected chi connectivity index (χ2v) is 7.26. The summed E-state index contributed by atoms with van der Waals surface area (Å²) < 4.78 is 45.8. The molecule has 0 aliphatic carbocycles. The lowest BCUT2D eigenvalue weighted by Gasteiger charge is -2.12. The third kappa shape index (κ3) is 4.29. The van der Waals surface area contributed by atoms with E-state index in [1.54, 1.807) is 7.11 Å². The quantitative estimate of drug-likeness (QED) is 0.351. The maximum atomic E-state index is 12.8. The molecule has 0 bridgehead atoms. The fourth-order valence-corrected chi connectivity index (χ4v) is 3.64. The van der Waals surface area contributed by atoms with Gasteiger partial charge in [0, 0.05) is 29.7 Å². The number of ether oxygens (including phenoxy) is 1. The van der Waals surface area contributed by atoms with E-state index in [2.05, 4.69) is 28.7 Å². The van der Waals surface area contributed by atoms with Crippen molar-refractivity contribution in [2.45, 2.75) is 12.1 Å². The summed E-state index contributed by atoms with van der Waals surface area (Å²) in [7, 11) is 3.60. The molecule has 0 saturated heterocycles. The first kappa shape index (κ1) is 20.6. The number of halogens is 3. The Hall–Kier alpha value is -3.65. The molecule has 31 heavy (non-hydrogen) atoms. The monoisotopic (exact) mass is 419 g/mol. The number of rotatable bonds is 3. The lowest BCUT2D eigenvalue weighted by molar-refractivity contribution is -0.137. The molecular formula is C26H20F3NO. The maximum Gasteiger partial charge on any atom is 0.416 e. The zero-order valence-corrected chi connectivity index (χ0v) is 17.1. The molecule has 4 aromatic rings. The zero-order valence-electron chi connectivity index (χ0n) is 17.1. The van der Waals surface area contributed by atoms with Crippen molar-refractivity contribution in [1.29, 1.82) is 0 Å². The number of aromatic nitrogens is 1. The molecule has 1 aromatic heterocycles. The van der Waals surface area contributed by atoms with Crippen LogP contribution in [0.2, 0.25) is 0 Å². The van der Waals surface area contributed by atoms with E-state index in [4.69, 9.17) is 4.74 Å². The fourth-order valence-electron chi connectivity index (χ4n) is 3.64. The van der Waals surface area contributed by atoms with Crippen molar-refractivity contribution in [3.8, 4) is 17.6 Å². The van der Waals surface area contributed by atoms with Crippen LogP contribution in [0.3, 0.4) is 0 Å². The first-order chi connectivity index (χ1) is 14.9. The van der Waals surface area contributed by atoms with Crippen molar-refractivity contribution < 1.29 is 17.9 Å². The second kappa shape index (κ2) is 8.23. The molecule has 0 aliphatic rings. The van der Waals surface area contributed by atoms with Gasteiger partial charge in [-0.15, -0.1) is 0 Å². The van der Waals surface area contributed by atoms with Gasteiger partial charge in [-0.05, 0) is 53.6 Å². The number of fused-ring (bicyclic) bond motifs is 1. The topological polar surface area (TPSA) is 14.2 Å². The minimum atomic E-state index is -4.36. The number of aryl methyl sites for hydroxylation is 1. The van der Waals surface area contributed by atoms with Gasteiger partial charge >= 0.3 is 6.18 Å². The average Bonchev–Trinajstić information content (AvgIpc) is 3.11. The predicted octanol–water partition coefficient (Wildman–Crippen LogP) is 6.39. The molecule has 4 rings (SSSR count). The summed E-state index contributed by atoms with van der Waals surface area (Å²) in [5.41, 5.74) is 2.97. The van der Waals surface area contributed by atoms with Crippen LogP contribution in [0, 0.1) is 11.8 Å². The number of hydrogen-bond acceptors (Lipinski definition) is 1. The summed E-state index contributed by atoms with van der Waals surface area (Å²) in [5.74, 6) is 6.85. The standard InChI is InChI=1S/C26H20F3NO/c1-30-17-24(23-5-3-4-6-25(23)30)22(19-10-14-21(31-2)15-11-19)16-9-18-7-12-20(13-8-18)26(27,28)29/h3-8,10-15,17,22H,1-2H3. The van der Waals surface area contributed by atoms with Crippen molar-refractivity contribution in [2.75, 3.05) is 7.11 Å². The summed E-state index contributed by atoms with van der Waals surface area (Å²) >= 11 is 0. The van der Waals surface area contributed by atoms with E-state index in [9.17, 15) is 13.2 Å². The molecule has 0 radical (unpaired) electrons. The molecule has 3 aromatic carbocycles. The maximum absolute atomic E-state index is 12.8. The average molecular weight is 419 g/mol. The Kier molecular flexibility index (Phi) is 5.48. The van der Waals surface area contributed by atoms with E-state index in [0.717, 1.165) is 39.9 Å². The van der Waals surface area contributed by atoms with E-state index >= 15 is 0 Å². The molecule has 0 N–H and O–H groups in total. The summed E-state index contributed by atoms with van der Waals surface area (Å²) in [5, 5.41) is 1.09. The van der Waals surface area contributed by atoms with Gasteiger partial charge in [0.15, 0.2) is 0 Å². The summed E-state index contributed by atoms with van der Waals surface area (Å²) in [6.07, 6.45) is -2.30. The van der Waals surface area contributed by atoms with Crippen molar-refractivity contribution in [3.05, 3.63) is 101 Å². The highest BCUT2D eigenvalue weighted by molar-refractivity contribution is 5.85. The fraction of sp³-hybridized carbons (Fsp3) is 0.154. The minimum absolute atomic E-state index is 0.251. The van der Waals surface area contributed by atoms with Gasteiger partial charge in [0.1, 0.15) is 5.75 Å². The van der Waals surface area contributed by atoms with Crippen molar-refractivity contribution in [1.82, 2.24) is 4.57 Å². The van der Waals surface area contributed by atoms with Crippen molar-refractivity contribution >= 4 is 10.9 Å². The Morgan fingerprint density at radius 3 is 2.23 bits per heavy atom. The van der Waals surface area contributed by atoms with Crippen LogP contribution in [0.25, 0.3) is 10.9 Å². The minimum Gasteiger partial charge on any atom is -0.497 e. The molecule has 1 atom stereocenters. The number of hydrogen-bond donors (Lipinski definition) is 0. The second-order valence-electron chi connectivity index (χ2n) is 7.26. The van der Waals surface area contributed by atoms with Gasteiger partial charge in [0.05, 0.1) is 18.6 Å². The molecule has 0 fully saturated rings. The normalized spacial score (nSPS) is 12.3. The van der Waals surface area contributed by atoms with Crippen LogP contribution in [-0.2, 0) is 13.2 Å². The smallest absolute Gasteiger partial charge is 0.416 e. The molecule has 0 aliphatic heterocycles. The van der Waals surface area contributed by atoms with Crippen LogP contribution in [0.4, 0.5) is 13.2 Å². The molecule has 5 heteroatoms. The Morgan fingerprint density at radius 2 is 1.58 bits per heavy atom. The zero-order chi connectivity index (χ0) is 22.0. The van der Waals surface area contributed by atoms with Crippen LogP contribution in [0.15, 0.2) is 79.0 Å². The van der Waals surface area contributed by atoms with E-state index in [-0.39, 0.29) is 5.92 Å². The van der Waals surface area contributed by atoms with E-state index in [1.807, 2.05) is 49.5 Å². The molecule has 0 amide bonds. The number of benzene rings is 3. The summed E-state index contributed by atoms with van der Waals surface area (Å²) in [4.78, 5) is 0. The van der Waals surface area contributed by atoms with Crippen molar-refractivity contribution in [2.24, 2.45) is 7.05 Å². The highest BCUT2D eigenvalue weighted by atomic mass is 19.4. The molecule has 0 spiro atoms. The molecule has 0 saturated carbocycles. The van der Waals surface area contributed by atoms with Crippen LogP contribution in [-0.4, -0.2) is 11.7 Å². The Bertz CT molecular complexity index is 1260. The van der Waals surface area contributed by atoms with Crippen LogP contribution >= 0.6 is 0 Å². The van der Waals surface area contributed by atoms with Gasteiger partial charge < -0.3 is 9.30 Å². The van der Waals surface area contributed by atoms with E-state index in [0.29, 0.717) is 5.56 Å². The molecule has 1 heterocycles. The first-order valence-corrected chi connectivity index (χ1v) is 9.73. The molecule has 2 nitrogen and oxygen atoms in total. The molecule has 1 unspecified atom stereocenters. The highest BCUT2D eigenvalue weighted by Crippen LogP contribution is 2.33. The highest BCUT2D eigenvalue weighted by Gasteiger charge is 2.29. The van der Waals surface area contributed by atoms with Gasteiger partial charge in [-0.3, -0.25) is 0 Å². The van der Waals surface area contributed by atoms with Gasteiger partial charge in [0.2, 0.25) is 0 Å². The largest absolute Gasteiger partial charge is 0.497 e. The van der Waals surface area contributed by atoms with Crippen LogP contribution in [0.1, 0.15) is 28.2 Å². The number of para-hydroxylation sites is 1. The van der Waals surface area contributed by atoms with Gasteiger partial charge in [-0.2, -0.15) is 13.2 Å². The summed E-state index contributed by atoms with van der Waals surface area (Å²) in [6, 6.07) is 20.7. The lowest BCUT2D eigenvalue weighted by Crippen LogP contribution is -2.04. The lowest BCUT2D eigenvalue weighted by atomic mass is 9.91. The number of methoxy groups -OCH3 is 1. The van der Waals surface area contributed by atoms with Gasteiger partial charge in [0.25, 0.3) is 0 Å². The van der Waals surface area contributed by atoms with Crippen molar-refractivity contribution in [3.63, 3.8) is 0 Å². The Morgan fingerprint density at radius 1 is 0.903 bits per heavy atom. The number of nitrogens with zero attached hydrogens (tertiary/aromatic N) is 1. The van der Waals surface area contributed by atoms with Crippen LogP contribution in [0.5, 0.6) is 5.75 Å². The SMILES string of the molecule is COc1ccc(C(C#Cc2ccc(C(F)(F)F)cc2)c2cn(C)c3ccccc23)cc1. The third-order valence-corrected chi connectivity index (χ3v) is 5.26.